The monoisotopic (exact) mass is 554 g/mol. The number of carbonyl (C=O) groups excluding carboxylic acids is 3. The van der Waals surface area contributed by atoms with Crippen LogP contribution < -0.4 is 38.9 Å². The van der Waals surface area contributed by atoms with Crippen LogP contribution in [0.2, 0.25) is 0 Å². The van der Waals surface area contributed by atoms with E-state index in [9.17, 15) is 34.2 Å². The minimum atomic E-state index is -1.55. The van der Waals surface area contributed by atoms with Gasteiger partial charge in [-0.25, -0.2) is 9.78 Å². The first kappa shape index (κ1) is 32.8. The van der Waals surface area contributed by atoms with Gasteiger partial charge in [0.1, 0.15) is 18.1 Å². The van der Waals surface area contributed by atoms with E-state index in [0.717, 1.165) is 0 Å². The molecule has 0 bridgehead atoms. The molecular weight excluding hydrogens is 516 g/mol. The Balaban J connectivity index is 3.00. The maximum absolute atomic E-state index is 13.1. The zero-order valence-electron chi connectivity index (χ0n) is 21.5. The van der Waals surface area contributed by atoms with Crippen LogP contribution in [-0.4, -0.2) is 93.1 Å². The Labute approximate surface area is 224 Å². The highest BCUT2D eigenvalue weighted by Gasteiger charge is 2.31. The number of imidazole rings is 1. The third kappa shape index (κ3) is 13.2. The zero-order chi connectivity index (χ0) is 29.4. The van der Waals surface area contributed by atoms with Crippen LogP contribution in [0.25, 0.3) is 0 Å². The zero-order valence-corrected chi connectivity index (χ0v) is 21.5. The van der Waals surface area contributed by atoms with Gasteiger partial charge in [-0.15, -0.1) is 0 Å². The first-order valence-electron chi connectivity index (χ1n) is 12.3. The largest absolute Gasteiger partial charge is 0.481 e. The number of carboxylic acid groups (broad SMARTS) is 2. The number of aliphatic imine (C=N–C) groups is 1. The van der Waals surface area contributed by atoms with Gasteiger partial charge in [-0.1, -0.05) is 6.42 Å². The lowest BCUT2D eigenvalue weighted by Gasteiger charge is -2.24. The van der Waals surface area contributed by atoms with Crippen LogP contribution in [-0.2, 0) is 30.4 Å². The van der Waals surface area contributed by atoms with E-state index in [1.165, 1.54) is 12.5 Å². The van der Waals surface area contributed by atoms with Gasteiger partial charge in [0.05, 0.1) is 18.8 Å². The second-order valence-corrected chi connectivity index (χ2v) is 8.74. The van der Waals surface area contributed by atoms with Crippen molar-refractivity contribution in [1.82, 2.24) is 25.9 Å². The number of H-pyrrole nitrogens is 1. The number of carboxylic acids is 2. The van der Waals surface area contributed by atoms with Crippen molar-refractivity contribution in [2.75, 3.05) is 13.1 Å². The Morgan fingerprint density at radius 2 is 1.56 bits per heavy atom. The quantitative estimate of drug-likeness (QED) is 0.0452. The maximum Gasteiger partial charge on any atom is 0.326 e. The van der Waals surface area contributed by atoms with Crippen LogP contribution in [0.5, 0.6) is 0 Å². The van der Waals surface area contributed by atoms with Gasteiger partial charge in [-0.05, 0) is 32.2 Å². The molecule has 0 saturated carbocycles. The standard InChI is InChI=1S/C22H38N10O7/c23-6-2-1-4-13(24)18(35)31-16(9-17(33)34)20(37)32-15(8-12-10-27-11-29-12)19(36)30-14(21(38)39)5-3-7-28-22(25)26/h10-11,13-16H,1-9,23-24H2,(H,27,29)(H,30,36)(H,31,35)(H,32,37)(H,33,34)(H,38,39)(H4,25,26,28). The number of aromatic amines is 1. The molecule has 0 aromatic carbocycles. The van der Waals surface area contributed by atoms with Crippen molar-refractivity contribution in [2.24, 2.45) is 27.9 Å². The summed E-state index contributed by atoms with van der Waals surface area (Å²) >= 11 is 0. The van der Waals surface area contributed by atoms with Crippen molar-refractivity contribution < 1.29 is 34.2 Å². The highest BCUT2D eigenvalue weighted by Crippen LogP contribution is 2.06. The first-order chi connectivity index (χ1) is 18.4. The molecule has 39 heavy (non-hydrogen) atoms. The number of amides is 3. The highest BCUT2D eigenvalue weighted by atomic mass is 16.4. The lowest BCUT2D eigenvalue weighted by atomic mass is 10.1. The first-order valence-corrected chi connectivity index (χ1v) is 12.3. The molecule has 3 amide bonds. The second kappa shape index (κ2) is 17.3. The predicted octanol–water partition coefficient (Wildman–Crippen LogP) is -3.52. The number of guanidine groups is 1. The summed E-state index contributed by atoms with van der Waals surface area (Å²) in [5.74, 6) is -5.43. The summed E-state index contributed by atoms with van der Waals surface area (Å²) in [4.78, 5) is 72.0. The third-order valence-corrected chi connectivity index (χ3v) is 5.49. The number of nitrogens with zero attached hydrogens (tertiary/aromatic N) is 2. The maximum atomic E-state index is 13.1. The van der Waals surface area contributed by atoms with E-state index in [1.807, 2.05) is 0 Å². The van der Waals surface area contributed by atoms with E-state index in [0.29, 0.717) is 25.1 Å². The van der Waals surface area contributed by atoms with E-state index in [-0.39, 0.29) is 38.2 Å². The smallest absolute Gasteiger partial charge is 0.326 e. The fourth-order valence-electron chi connectivity index (χ4n) is 3.43. The Morgan fingerprint density at radius 1 is 0.923 bits per heavy atom. The molecule has 14 N–H and O–H groups in total. The number of hydrogen-bond donors (Lipinski definition) is 10. The Morgan fingerprint density at radius 3 is 2.13 bits per heavy atom. The number of rotatable bonds is 19. The van der Waals surface area contributed by atoms with Crippen molar-refractivity contribution in [2.45, 2.75) is 69.1 Å². The summed E-state index contributed by atoms with van der Waals surface area (Å²) in [6.45, 7) is 0.554. The summed E-state index contributed by atoms with van der Waals surface area (Å²) in [5.41, 5.74) is 22.2. The summed E-state index contributed by atoms with van der Waals surface area (Å²) in [7, 11) is 0. The van der Waals surface area contributed by atoms with Crippen LogP contribution in [0, 0.1) is 0 Å². The summed E-state index contributed by atoms with van der Waals surface area (Å²) in [5, 5.41) is 25.9. The van der Waals surface area contributed by atoms with Crippen molar-refractivity contribution in [3.63, 3.8) is 0 Å². The Hall–Kier alpha value is -4.25. The van der Waals surface area contributed by atoms with Crippen LogP contribution in [0.3, 0.4) is 0 Å². The van der Waals surface area contributed by atoms with Gasteiger partial charge in [0.15, 0.2) is 5.96 Å². The summed E-state index contributed by atoms with van der Waals surface area (Å²) in [6.07, 6.45) is 3.52. The van der Waals surface area contributed by atoms with E-state index in [1.54, 1.807) is 0 Å². The lowest BCUT2D eigenvalue weighted by molar-refractivity contribution is -0.143. The number of nitrogens with one attached hydrogen (secondary N) is 4. The lowest BCUT2D eigenvalue weighted by Crippen LogP contribution is -2.58. The van der Waals surface area contributed by atoms with E-state index in [4.69, 9.17) is 22.9 Å². The molecule has 1 heterocycles. The molecule has 4 atom stereocenters. The molecule has 0 aliphatic rings. The number of aromatic nitrogens is 2. The molecule has 4 unspecified atom stereocenters. The number of hydrogen-bond acceptors (Lipinski definition) is 9. The van der Waals surface area contributed by atoms with Crippen LogP contribution in [0.15, 0.2) is 17.5 Å². The molecule has 1 aromatic heterocycles. The van der Waals surface area contributed by atoms with Crippen molar-refractivity contribution in [1.29, 1.82) is 0 Å². The number of nitrogens with two attached hydrogens (primary N) is 4. The van der Waals surface area contributed by atoms with Gasteiger partial charge in [0.25, 0.3) is 0 Å². The Bertz CT molecular complexity index is 982. The summed E-state index contributed by atoms with van der Waals surface area (Å²) < 4.78 is 0. The molecule has 0 aliphatic heterocycles. The normalized spacial score (nSPS) is 13.8. The van der Waals surface area contributed by atoms with E-state index >= 15 is 0 Å². The highest BCUT2D eigenvalue weighted by molar-refractivity contribution is 5.95. The third-order valence-electron chi connectivity index (χ3n) is 5.49. The van der Waals surface area contributed by atoms with Gasteiger partial charge in [0, 0.05) is 24.9 Å². The molecule has 0 spiro atoms. The topological polar surface area (TPSA) is 307 Å². The summed E-state index contributed by atoms with van der Waals surface area (Å²) in [6, 6.07) is -5.22. The molecule has 1 aromatic rings. The van der Waals surface area contributed by atoms with Gasteiger partial charge in [-0.2, -0.15) is 0 Å². The SMILES string of the molecule is NCCCCC(N)C(=O)NC(CC(=O)O)C(=O)NC(Cc1cnc[nH]1)C(=O)NC(CCCN=C(N)N)C(=O)O. The minimum absolute atomic E-state index is 0.0116. The van der Waals surface area contributed by atoms with Crippen molar-refractivity contribution in [3.05, 3.63) is 18.2 Å². The van der Waals surface area contributed by atoms with Crippen LogP contribution >= 0.6 is 0 Å². The molecular formula is C22H38N10O7. The predicted molar refractivity (Wildman–Crippen MR) is 139 cm³/mol. The number of unbranched alkanes of at least 4 members (excludes halogenated alkanes) is 1. The van der Waals surface area contributed by atoms with Crippen molar-refractivity contribution in [3.8, 4) is 0 Å². The number of aliphatic carboxylic acids is 2. The average Bonchev–Trinajstić information content (AvgIpc) is 3.37. The fraction of sp³-hybridized carbons (Fsp3) is 0.591. The second-order valence-electron chi connectivity index (χ2n) is 8.74. The Kier molecular flexibility index (Phi) is 14.5. The van der Waals surface area contributed by atoms with Crippen LogP contribution in [0.1, 0.15) is 44.2 Å². The van der Waals surface area contributed by atoms with Gasteiger partial charge >= 0.3 is 11.9 Å². The molecule has 0 fully saturated rings. The molecule has 218 valence electrons. The van der Waals surface area contributed by atoms with Crippen molar-refractivity contribution >= 4 is 35.6 Å². The number of carbonyl (C=O) groups is 5. The molecule has 0 radical (unpaired) electrons. The molecule has 1 rings (SSSR count). The van der Waals surface area contributed by atoms with Crippen LogP contribution in [0.4, 0.5) is 0 Å². The minimum Gasteiger partial charge on any atom is -0.481 e. The molecule has 0 aliphatic carbocycles. The van der Waals surface area contributed by atoms with Gasteiger partial charge < -0.3 is 54.1 Å². The van der Waals surface area contributed by atoms with E-state index in [2.05, 4.69) is 30.9 Å². The fourth-order valence-corrected chi connectivity index (χ4v) is 3.43. The van der Waals surface area contributed by atoms with Gasteiger partial charge in [0.2, 0.25) is 17.7 Å². The van der Waals surface area contributed by atoms with Gasteiger partial charge in [-0.3, -0.25) is 24.2 Å². The molecule has 17 nitrogen and oxygen atoms in total. The molecule has 0 saturated heterocycles. The molecule has 17 heteroatoms. The van der Waals surface area contributed by atoms with E-state index < -0.39 is 60.2 Å². The average molecular weight is 555 g/mol.